The van der Waals surface area contributed by atoms with E-state index in [9.17, 15) is 18.0 Å². The number of amides is 1. The van der Waals surface area contributed by atoms with E-state index in [-0.39, 0.29) is 21.7 Å². The molecule has 1 aromatic carbocycles. The van der Waals surface area contributed by atoms with Crippen molar-refractivity contribution in [3.8, 4) is 0 Å². The molecule has 4 nitrogen and oxygen atoms in total. The van der Waals surface area contributed by atoms with Crippen molar-refractivity contribution < 1.29 is 18.0 Å². The maximum absolute atomic E-state index is 13.0. The summed E-state index contributed by atoms with van der Waals surface area (Å²) >= 11 is 7.35. The number of carbonyl (C=O) groups is 1. The number of benzene rings is 1. The standard InChI is InChI=1S/C18H15ClF3N3OS/c19-15-12-4-3-11(18(20,21)22)8-14(12)27-16(15)17(26)25-7-1-2-10(9-25)13-5-6-23-24-13/h3-6,8,10H,1-2,7,9H2,(H,23,24). The SMILES string of the molecule is O=C(c1sc2cc(C(F)(F)F)ccc2c1Cl)N1CCCC(c2ccn[nH]2)C1. The van der Waals surface area contributed by atoms with Gasteiger partial charge in [0.2, 0.25) is 0 Å². The van der Waals surface area contributed by atoms with E-state index in [1.165, 1.54) is 6.07 Å². The third-order valence-electron chi connectivity index (χ3n) is 4.82. The summed E-state index contributed by atoms with van der Waals surface area (Å²) in [4.78, 5) is 15.0. The van der Waals surface area contributed by atoms with Gasteiger partial charge in [-0.15, -0.1) is 11.3 Å². The zero-order valence-corrected chi connectivity index (χ0v) is 15.6. The Morgan fingerprint density at radius 2 is 2.15 bits per heavy atom. The lowest BCUT2D eigenvalue weighted by atomic mass is 9.95. The summed E-state index contributed by atoms with van der Waals surface area (Å²) in [5.41, 5.74) is 0.231. The first kappa shape index (κ1) is 18.3. The minimum absolute atomic E-state index is 0.162. The van der Waals surface area contributed by atoms with Gasteiger partial charge < -0.3 is 4.90 Å². The van der Waals surface area contributed by atoms with Gasteiger partial charge in [-0.05, 0) is 31.0 Å². The van der Waals surface area contributed by atoms with Gasteiger partial charge in [0.05, 0.1) is 10.6 Å². The average Bonchev–Trinajstić information content (AvgIpc) is 3.29. The fraction of sp³-hybridized carbons (Fsp3) is 0.333. The molecule has 1 fully saturated rings. The largest absolute Gasteiger partial charge is 0.416 e. The first-order valence-electron chi connectivity index (χ1n) is 8.42. The number of fused-ring (bicyclic) bond motifs is 1. The molecule has 0 bridgehead atoms. The second kappa shape index (κ2) is 6.83. The maximum atomic E-state index is 13.0. The molecule has 2 aromatic heterocycles. The zero-order valence-electron chi connectivity index (χ0n) is 14.0. The maximum Gasteiger partial charge on any atom is 0.416 e. The summed E-state index contributed by atoms with van der Waals surface area (Å²) in [7, 11) is 0. The second-order valence-corrected chi connectivity index (χ2v) is 7.99. The summed E-state index contributed by atoms with van der Waals surface area (Å²) < 4.78 is 39.2. The van der Waals surface area contributed by atoms with Crippen LogP contribution in [-0.4, -0.2) is 34.1 Å². The van der Waals surface area contributed by atoms with Gasteiger partial charge in [-0.1, -0.05) is 17.7 Å². The van der Waals surface area contributed by atoms with Crippen LogP contribution < -0.4 is 0 Å². The summed E-state index contributed by atoms with van der Waals surface area (Å²) in [5, 5.41) is 7.59. The highest BCUT2D eigenvalue weighted by molar-refractivity contribution is 7.21. The number of hydrogen-bond acceptors (Lipinski definition) is 3. The molecule has 0 spiro atoms. The van der Waals surface area contributed by atoms with Crippen molar-refractivity contribution in [2.75, 3.05) is 13.1 Å². The lowest BCUT2D eigenvalue weighted by molar-refractivity contribution is -0.137. The molecule has 142 valence electrons. The van der Waals surface area contributed by atoms with Crippen LogP contribution in [0.1, 0.15) is 39.7 Å². The predicted molar refractivity (Wildman–Crippen MR) is 98.3 cm³/mol. The smallest absolute Gasteiger partial charge is 0.337 e. The molecule has 3 aromatic rings. The van der Waals surface area contributed by atoms with E-state index in [2.05, 4.69) is 10.2 Å². The predicted octanol–water partition coefficient (Wildman–Crippen LogP) is 5.32. The lowest BCUT2D eigenvalue weighted by Gasteiger charge is -2.32. The number of rotatable bonds is 2. The third kappa shape index (κ3) is 3.43. The molecule has 1 atom stereocenters. The second-order valence-electron chi connectivity index (χ2n) is 6.56. The number of piperidine rings is 1. The summed E-state index contributed by atoms with van der Waals surface area (Å²) in [6, 6.07) is 5.26. The first-order valence-corrected chi connectivity index (χ1v) is 9.62. The van der Waals surface area contributed by atoms with Crippen LogP contribution in [0.25, 0.3) is 10.1 Å². The molecule has 0 saturated carbocycles. The number of nitrogens with zero attached hydrogens (tertiary/aromatic N) is 2. The highest BCUT2D eigenvalue weighted by atomic mass is 35.5. The minimum atomic E-state index is -4.43. The Bertz CT molecular complexity index is 984. The molecule has 9 heteroatoms. The van der Waals surface area contributed by atoms with Crippen LogP contribution in [0, 0.1) is 0 Å². The molecule has 1 aliphatic heterocycles. The van der Waals surface area contributed by atoms with E-state index in [4.69, 9.17) is 11.6 Å². The van der Waals surface area contributed by atoms with Crippen molar-refractivity contribution >= 4 is 38.9 Å². The van der Waals surface area contributed by atoms with Gasteiger partial charge in [0, 0.05) is 41.0 Å². The number of halogens is 4. The van der Waals surface area contributed by atoms with E-state index in [0.29, 0.717) is 23.2 Å². The lowest BCUT2D eigenvalue weighted by Crippen LogP contribution is -2.39. The number of carbonyl (C=O) groups excluding carboxylic acids is 1. The Labute approximate surface area is 161 Å². The van der Waals surface area contributed by atoms with Gasteiger partial charge in [-0.2, -0.15) is 18.3 Å². The van der Waals surface area contributed by atoms with E-state index < -0.39 is 11.7 Å². The number of aromatic amines is 1. The Morgan fingerprint density at radius 1 is 1.33 bits per heavy atom. The van der Waals surface area contributed by atoms with Crippen LogP contribution in [-0.2, 0) is 6.18 Å². The molecule has 4 rings (SSSR count). The summed E-state index contributed by atoms with van der Waals surface area (Å²) in [5.74, 6) is -0.0749. The average molecular weight is 414 g/mol. The first-order chi connectivity index (χ1) is 12.8. The van der Waals surface area contributed by atoms with Crippen molar-refractivity contribution in [3.63, 3.8) is 0 Å². The van der Waals surface area contributed by atoms with Crippen LogP contribution in [0.4, 0.5) is 13.2 Å². The molecule has 1 unspecified atom stereocenters. The molecule has 27 heavy (non-hydrogen) atoms. The van der Waals surface area contributed by atoms with Gasteiger partial charge in [-0.3, -0.25) is 9.89 Å². The molecule has 1 amide bonds. The fourth-order valence-corrected chi connectivity index (χ4v) is 4.95. The molecule has 0 aliphatic carbocycles. The Morgan fingerprint density at radius 3 is 2.85 bits per heavy atom. The van der Waals surface area contributed by atoms with Crippen molar-refractivity contribution in [1.29, 1.82) is 0 Å². The molecular formula is C18H15ClF3N3OS. The molecule has 1 saturated heterocycles. The van der Waals surface area contributed by atoms with Crippen LogP contribution in [0.3, 0.4) is 0 Å². The van der Waals surface area contributed by atoms with Gasteiger partial charge in [0.25, 0.3) is 5.91 Å². The number of nitrogens with one attached hydrogen (secondary N) is 1. The van der Waals surface area contributed by atoms with Gasteiger partial charge in [0.1, 0.15) is 4.88 Å². The molecule has 0 radical (unpaired) electrons. The Kier molecular flexibility index (Phi) is 4.63. The van der Waals surface area contributed by atoms with Crippen LogP contribution >= 0.6 is 22.9 Å². The van der Waals surface area contributed by atoms with Crippen molar-refractivity contribution in [3.05, 3.63) is 51.6 Å². The number of thiophene rings is 1. The number of hydrogen-bond donors (Lipinski definition) is 1. The zero-order chi connectivity index (χ0) is 19.2. The van der Waals surface area contributed by atoms with Crippen molar-refractivity contribution in [2.24, 2.45) is 0 Å². The van der Waals surface area contributed by atoms with Crippen LogP contribution in [0.2, 0.25) is 5.02 Å². The summed E-state index contributed by atoms with van der Waals surface area (Å²) in [6.45, 7) is 1.13. The van der Waals surface area contributed by atoms with Gasteiger partial charge >= 0.3 is 6.18 Å². The van der Waals surface area contributed by atoms with E-state index in [0.717, 1.165) is 42.0 Å². The monoisotopic (exact) mass is 413 g/mol. The Balaban J connectivity index is 1.63. The molecule has 3 heterocycles. The molecule has 1 aliphatic rings. The highest BCUT2D eigenvalue weighted by Gasteiger charge is 2.32. The quantitative estimate of drug-likeness (QED) is 0.618. The highest BCUT2D eigenvalue weighted by Crippen LogP contribution is 2.40. The van der Waals surface area contributed by atoms with Gasteiger partial charge in [0.15, 0.2) is 0 Å². The minimum Gasteiger partial charge on any atom is -0.337 e. The van der Waals surface area contributed by atoms with Crippen LogP contribution in [0.15, 0.2) is 30.5 Å². The molecular weight excluding hydrogens is 399 g/mol. The number of H-pyrrole nitrogens is 1. The van der Waals surface area contributed by atoms with E-state index >= 15 is 0 Å². The van der Waals surface area contributed by atoms with E-state index in [1.807, 2.05) is 6.07 Å². The van der Waals surface area contributed by atoms with E-state index in [1.54, 1.807) is 11.1 Å². The number of likely N-dealkylation sites (tertiary alicyclic amines) is 1. The van der Waals surface area contributed by atoms with Crippen molar-refractivity contribution in [2.45, 2.75) is 24.9 Å². The molecule has 1 N–H and O–H groups in total. The summed E-state index contributed by atoms with van der Waals surface area (Å²) in [6.07, 6.45) is -0.965. The topological polar surface area (TPSA) is 49.0 Å². The Hall–Kier alpha value is -2.06. The van der Waals surface area contributed by atoms with Crippen molar-refractivity contribution in [1.82, 2.24) is 15.1 Å². The normalized spacial score (nSPS) is 18.2. The number of alkyl halides is 3. The number of aromatic nitrogens is 2. The third-order valence-corrected chi connectivity index (χ3v) is 6.47. The van der Waals surface area contributed by atoms with Gasteiger partial charge in [-0.25, -0.2) is 0 Å². The fourth-order valence-electron chi connectivity index (χ4n) is 3.43. The van der Waals surface area contributed by atoms with Crippen LogP contribution in [0.5, 0.6) is 0 Å².